The molecule has 0 aliphatic rings. The van der Waals surface area contributed by atoms with Crippen LogP contribution in [0.4, 0.5) is 4.79 Å². The smallest absolute Gasteiger partial charge is 0.318 e. The summed E-state index contributed by atoms with van der Waals surface area (Å²) in [4.78, 5) is 40.1. The molecule has 2 aromatic carbocycles. The van der Waals surface area contributed by atoms with E-state index >= 15 is 0 Å². The van der Waals surface area contributed by atoms with Crippen LogP contribution >= 0.6 is 11.3 Å². The summed E-state index contributed by atoms with van der Waals surface area (Å²) < 4.78 is 5.94. The first-order valence-electron chi connectivity index (χ1n) is 10.6. The molecule has 33 heavy (non-hydrogen) atoms. The molecule has 10 heteroatoms. The number of thiazole rings is 1. The van der Waals surface area contributed by atoms with E-state index in [-0.39, 0.29) is 12.3 Å². The Hall–Kier alpha value is -3.50. The van der Waals surface area contributed by atoms with Crippen molar-refractivity contribution in [1.82, 2.24) is 15.6 Å². The number of aromatic nitrogens is 1. The number of primary amides is 1. The monoisotopic (exact) mass is 469 g/mol. The molecule has 0 unspecified atom stereocenters. The number of amides is 4. The van der Waals surface area contributed by atoms with Crippen molar-refractivity contribution >= 4 is 40.0 Å². The van der Waals surface area contributed by atoms with Gasteiger partial charge in [-0.25, -0.2) is 4.79 Å². The van der Waals surface area contributed by atoms with Gasteiger partial charge in [0.15, 0.2) is 0 Å². The third-order valence-electron chi connectivity index (χ3n) is 4.91. The summed E-state index contributed by atoms with van der Waals surface area (Å²) in [5, 5.41) is 6.86. The summed E-state index contributed by atoms with van der Waals surface area (Å²) in [5.74, 6) is -0.120. The molecule has 4 amide bonds. The van der Waals surface area contributed by atoms with Gasteiger partial charge in [-0.3, -0.25) is 19.9 Å². The number of carbonyl (C=O) groups excluding carboxylic acids is 3. The van der Waals surface area contributed by atoms with Gasteiger partial charge in [-0.1, -0.05) is 24.3 Å². The zero-order valence-electron chi connectivity index (χ0n) is 18.1. The number of nitrogens with two attached hydrogens (primary N) is 2. The third-order valence-corrected chi connectivity index (χ3v) is 5.71. The van der Waals surface area contributed by atoms with Crippen molar-refractivity contribution in [2.75, 3.05) is 13.2 Å². The molecule has 0 fully saturated rings. The number of nitrogens with one attached hydrogen (secondary N) is 2. The van der Waals surface area contributed by atoms with Crippen molar-refractivity contribution in [3.63, 3.8) is 0 Å². The van der Waals surface area contributed by atoms with Crippen molar-refractivity contribution in [3.05, 3.63) is 58.5 Å². The van der Waals surface area contributed by atoms with Crippen LogP contribution in [-0.2, 0) is 22.4 Å². The van der Waals surface area contributed by atoms with Crippen LogP contribution in [0.5, 0.6) is 5.75 Å². The molecule has 1 atom stereocenters. The van der Waals surface area contributed by atoms with Gasteiger partial charge < -0.3 is 21.5 Å². The highest BCUT2D eigenvalue weighted by molar-refractivity contribution is 7.09. The van der Waals surface area contributed by atoms with Crippen LogP contribution < -0.4 is 26.8 Å². The molecule has 0 spiro atoms. The zero-order valence-corrected chi connectivity index (χ0v) is 18.9. The highest BCUT2D eigenvalue weighted by Crippen LogP contribution is 2.27. The highest BCUT2D eigenvalue weighted by atomic mass is 32.1. The van der Waals surface area contributed by atoms with Gasteiger partial charge in [0.1, 0.15) is 5.75 Å². The van der Waals surface area contributed by atoms with E-state index in [1.807, 2.05) is 36.4 Å². The number of urea groups is 1. The van der Waals surface area contributed by atoms with Crippen molar-refractivity contribution in [3.8, 4) is 5.75 Å². The predicted molar refractivity (Wildman–Crippen MR) is 127 cm³/mol. The lowest BCUT2D eigenvalue weighted by Gasteiger charge is -2.14. The molecule has 0 aliphatic carbocycles. The summed E-state index contributed by atoms with van der Waals surface area (Å²) in [7, 11) is 0. The van der Waals surface area contributed by atoms with Crippen molar-refractivity contribution in [1.29, 1.82) is 0 Å². The van der Waals surface area contributed by atoms with E-state index < -0.39 is 18.0 Å². The lowest BCUT2D eigenvalue weighted by molar-refractivity contribution is -0.122. The molecule has 3 aromatic rings. The molecule has 0 saturated carbocycles. The molecule has 0 bridgehead atoms. The van der Waals surface area contributed by atoms with Crippen molar-refractivity contribution in [2.45, 2.75) is 31.7 Å². The van der Waals surface area contributed by atoms with Crippen LogP contribution in [0.1, 0.15) is 23.3 Å². The Morgan fingerprint density at radius 2 is 1.88 bits per heavy atom. The summed E-state index contributed by atoms with van der Waals surface area (Å²) >= 11 is 1.47. The van der Waals surface area contributed by atoms with Gasteiger partial charge in [0.05, 0.1) is 24.6 Å². The standard InChI is InChI=1S/C23H27N5O4S/c24-19(12-18-13-26-14-33-18)22(30)27-7-3-4-8-32-20-10-16-6-2-1-5-15(16)9-17(20)11-21(29)28-23(25)31/h1-2,5-6,9-10,13-14,19H,3-4,7-8,11-12,24H2,(H,27,30)(H3,25,28,29,31)/t19-/m0/s1. The molecule has 174 valence electrons. The predicted octanol–water partition coefficient (Wildman–Crippen LogP) is 1.88. The summed E-state index contributed by atoms with van der Waals surface area (Å²) in [6.45, 7) is 0.899. The molecule has 9 nitrogen and oxygen atoms in total. The summed E-state index contributed by atoms with van der Waals surface area (Å²) in [5.41, 5.74) is 13.3. The number of fused-ring (bicyclic) bond motifs is 1. The minimum absolute atomic E-state index is 0.0309. The molecule has 1 aromatic heterocycles. The van der Waals surface area contributed by atoms with Gasteiger partial charge in [0, 0.05) is 29.6 Å². The Bertz CT molecular complexity index is 1100. The number of rotatable bonds is 11. The van der Waals surface area contributed by atoms with Crippen LogP contribution in [-0.4, -0.2) is 42.0 Å². The van der Waals surface area contributed by atoms with Gasteiger partial charge in [-0.15, -0.1) is 11.3 Å². The quantitative estimate of drug-likeness (QED) is 0.315. The maximum atomic E-state index is 12.1. The van der Waals surface area contributed by atoms with E-state index in [9.17, 15) is 14.4 Å². The van der Waals surface area contributed by atoms with Crippen LogP contribution in [0.15, 0.2) is 48.1 Å². The lowest BCUT2D eigenvalue weighted by atomic mass is 10.0. The number of ether oxygens (including phenoxy) is 1. The third kappa shape index (κ3) is 7.55. The molecule has 3 rings (SSSR count). The fourth-order valence-electron chi connectivity index (χ4n) is 3.30. The SMILES string of the molecule is NC(=O)NC(=O)Cc1cc2ccccc2cc1OCCCCNC(=O)[C@@H](N)Cc1cncs1. The van der Waals surface area contributed by atoms with E-state index in [0.717, 1.165) is 15.6 Å². The molecular weight excluding hydrogens is 442 g/mol. The van der Waals surface area contributed by atoms with Gasteiger partial charge in [0.2, 0.25) is 11.8 Å². The van der Waals surface area contributed by atoms with Crippen LogP contribution in [0.25, 0.3) is 10.8 Å². The number of hydrogen-bond donors (Lipinski definition) is 4. The Balaban J connectivity index is 1.48. The maximum absolute atomic E-state index is 12.1. The fraction of sp³-hybridized carbons (Fsp3) is 0.304. The number of unbranched alkanes of at least 4 members (excludes halogenated alkanes) is 1. The second-order valence-corrected chi connectivity index (χ2v) is 8.49. The number of hydrogen-bond acceptors (Lipinski definition) is 7. The first kappa shape index (κ1) is 24.1. The first-order chi connectivity index (χ1) is 15.9. The van der Waals surface area contributed by atoms with Crippen LogP contribution in [0.2, 0.25) is 0 Å². The van der Waals surface area contributed by atoms with Gasteiger partial charge in [-0.05, 0) is 35.7 Å². The average molecular weight is 470 g/mol. The van der Waals surface area contributed by atoms with Crippen LogP contribution in [0, 0.1) is 0 Å². The molecule has 0 saturated heterocycles. The van der Waals surface area contributed by atoms with Gasteiger partial charge >= 0.3 is 6.03 Å². The van der Waals surface area contributed by atoms with Gasteiger partial charge in [-0.2, -0.15) is 0 Å². The molecule has 6 N–H and O–H groups in total. The van der Waals surface area contributed by atoms with E-state index in [4.69, 9.17) is 16.2 Å². The number of benzene rings is 2. The summed E-state index contributed by atoms with van der Waals surface area (Å²) in [6.07, 6.45) is 3.56. The summed E-state index contributed by atoms with van der Waals surface area (Å²) in [6, 6.07) is 9.99. The molecule has 1 heterocycles. The van der Waals surface area contributed by atoms with E-state index in [1.54, 1.807) is 11.7 Å². The Morgan fingerprint density at radius 1 is 1.12 bits per heavy atom. The number of carbonyl (C=O) groups is 3. The zero-order chi connectivity index (χ0) is 23.6. The van der Waals surface area contributed by atoms with E-state index in [1.165, 1.54) is 11.3 Å². The normalized spacial score (nSPS) is 11.7. The topological polar surface area (TPSA) is 149 Å². The van der Waals surface area contributed by atoms with Gasteiger partial charge in [0.25, 0.3) is 0 Å². The average Bonchev–Trinajstić information content (AvgIpc) is 3.28. The van der Waals surface area contributed by atoms with E-state index in [0.29, 0.717) is 43.7 Å². The van der Waals surface area contributed by atoms with E-state index in [2.05, 4.69) is 15.6 Å². The number of nitrogens with zero attached hydrogens (tertiary/aromatic N) is 1. The molecule has 0 radical (unpaired) electrons. The molecule has 0 aliphatic heterocycles. The Labute approximate surface area is 195 Å². The van der Waals surface area contributed by atoms with Crippen LogP contribution in [0.3, 0.4) is 0 Å². The first-order valence-corrected chi connectivity index (χ1v) is 11.4. The van der Waals surface area contributed by atoms with Crippen molar-refractivity contribution < 1.29 is 19.1 Å². The Kier molecular flexibility index (Phi) is 8.73. The lowest BCUT2D eigenvalue weighted by Crippen LogP contribution is -2.42. The second kappa shape index (κ2) is 11.9. The minimum Gasteiger partial charge on any atom is -0.493 e. The fourth-order valence-corrected chi connectivity index (χ4v) is 3.95. The second-order valence-electron chi connectivity index (χ2n) is 7.52. The largest absolute Gasteiger partial charge is 0.493 e. The van der Waals surface area contributed by atoms with Crippen molar-refractivity contribution in [2.24, 2.45) is 11.5 Å². The molecular formula is C23H27N5O4S. The number of imide groups is 1. The maximum Gasteiger partial charge on any atom is 0.318 e. The highest BCUT2D eigenvalue weighted by Gasteiger charge is 2.15. The minimum atomic E-state index is -0.892. The Morgan fingerprint density at radius 3 is 2.58 bits per heavy atom.